The van der Waals surface area contributed by atoms with Crippen LogP contribution in [0.5, 0.6) is 23.0 Å². The quantitative estimate of drug-likeness (QED) is 0.141. The molecule has 0 spiro atoms. The summed E-state index contributed by atoms with van der Waals surface area (Å²) in [5, 5.41) is 0. The normalized spacial score (nSPS) is 15.6. The summed E-state index contributed by atoms with van der Waals surface area (Å²) < 4.78 is 15.3. The predicted octanol–water partition coefficient (Wildman–Crippen LogP) is 16.8. The zero-order chi connectivity index (χ0) is 56.0. The van der Waals surface area contributed by atoms with Gasteiger partial charge in [0.15, 0.2) is 0 Å². The van der Waals surface area contributed by atoms with Crippen molar-refractivity contribution >= 4 is 104 Å². The Morgan fingerprint density at radius 1 is 0.321 bits per heavy atom. The molecule has 11 aromatic carbocycles. The summed E-state index contributed by atoms with van der Waals surface area (Å²) in [6.45, 7) is 9.37. The minimum Gasteiger partial charge on any atom is -0.458 e. The third-order valence-corrected chi connectivity index (χ3v) is 18.7. The van der Waals surface area contributed by atoms with Gasteiger partial charge in [-0.1, -0.05) is 202 Å². The monoisotopic (exact) mass is 1080 g/mol. The first-order valence-electron chi connectivity index (χ1n) is 29.3. The average molecular weight is 1080 g/mol. The van der Waals surface area contributed by atoms with E-state index in [1.54, 1.807) is 0 Å². The molecule has 0 amide bonds. The highest BCUT2D eigenvalue weighted by molar-refractivity contribution is 6.98. The van der Waals surface area contributed by atoms with E-state index in [1.165, 1.54) is 44.6 Å². The first-order valence-corrected chi connectivity index (χ1v) is 29.3. The highest BCUT2D eigenvalue weighted by Crippen LogP contribution is 2.59. The van der Waals surface area contributed by atoms with Gasteiger partial charge in [-0.3, -0.25) is 0 Å². The van der Waals surface area contributed by atoms with E-state index in [-0.39, 0.29) is 24.3 Å². The highest BCUT2D eigenvalue weighted by atomic mass is 16.5. The molecule has 0 radical (unpaired) electrons. The number of rotatable bonds is 8. The van der Waals surface area contributed by atoms with E-state index in [1.807, 2.05) is 0 Å². The summed E-state index contributed by atoms with van der Waals surface area (Å²) in [6, 6.07) is 97.0. The lowest BCUT2D eigenvalue weighted by Crippen LogP contribution is -2.59. The molecule has 17 rings (SSSR count). The topological polar surface area (TPSA) is 31.4 Å². The number of nitrogens with zero attached hydrogens (tertiary/aromatic N) is 4. The van der Waals surface area contributed by atoms with E-state index in [0.717, 1.165) is 102 Å². The Kier molecular flexibility index (Phi) is 10.5. The number of anilines is 10. The molecule has 6 aliphatic rings. The smallest absolute Gasteiger partial charge is 0.252 e. The van der Waals surface area contributed by atoms with Gasteiger partial charge < -0.3 is 29.1 Å². The third-order valence-electron chi connectivity index (χ3n) is 18.7. The molecule has 4 heterocycles. The minimum atomic E-state index is -0.371. The van der Waals surface area contributed by atoms with E-state index in [4.69, 9.17) is 9.47 Å². The summed E-state index contributed by atoms with van der Waals surface area (Å²) in [5.74, 6) is 3.25. The Labute approximate surface area is 491 Å². The summed E-state index contributed by atoms with van der Waals surface area (Å²) >= 11 is 0. The number of benzene rings is 11. The van der Waals surface area contributed by atoms with Crippen LogP contribution in [0, 0.1) is 0 Å². The third kappa shape index (κ3) is 6.94. The molecule has 0 saturated carbocycles. The number of fused-ring (bicyclic) bond motifs is 10. The van der Waals surface area contributed by atoms with Gasteiger partial charge in [-0.2, -0.15) is 0 Å². The first-order chi connectivity index (χ1) is 41.2. The molecule has 11 aromatic rings. The molecule has 0 bridgehead atoms. The fourth-order valence-electron chi connectivity index (χ4n) is 15.2. The lowest BCUT2D eigenvalue weighted by atomic mass is 9.28. The van der Waals surface area contributed by atoms with Gasteiger partial charge in [0, 0.05) is 97.0 Å². The van der Waals surface area contributed by atoms with Gasteiger partial charge in [0.1, 0.15) is 23.0 Å². The fraction of sp³-hybridized carbons (Fsp3) is 0.0789. The fourth-order valence-corrected chi connectivity index (χ4v) is 15.2. The van der Waals surface area contributed by atoms with Crippen molar-refractivity contribution in [2.45, 2.75) is 38.5 Å². The second-order valence-corrected chi connectivity index (χ2v) is 24.0. The molecular weight excluding hydrogens is 1020 g/mol. The molecule has 2 aliphatic carbocycles. The average Bonchev–Trinajstić information content (AvgIpc) is 1.57. The summed E-state index contributed by atoms with van der Waals surface area (Å²) in [6.07, 6.45) is 0. The summed E-state index contributed by atoms with van der Waals surface area (Å²) in [7, 11) is 0. The van der Waals surface area contributed by atoms with Gasteiger partial charge in [-0.25, -0.2) is 0 Å². The van der Waals surface area contributed by atoms with E-state index in [9.17, 15) is 0 Å². The van der Waals surface area contributed by atoms with E-state index < -0.39 is 0 Å². The highest BCUT2D eigenvalue weighted by Gasteiger charge is 2.56. The van der Waals surface area contributed by atoms with Crippen LogP contribution < -0.4 is 50.9 Å². The molecule has 4 aliphatic heterocycles. The van der Waals surface area contributed by atoms with E-state index in [2.05, 4.69) is 314 Å². The zero-order valence-corrected chi connectivity index (χ0v) is 47.2. The van der Waals surface area contributed by atoms with Crippen LogP contribution in [-0.4, -0.2) is 13.4 Å². The standard InChI is InChI=1S/C76H56B2N4O2/c1-75(2)59-41-25-23-39-57(59)71-73(75)77-61-47-62-66(48-65(61)83-67-45-55(43-63(69(67)77)81(71)53-35-19-9-20-36-53)79(49-27-11-5-12-28-49)50-29-13-6-14-30-50)84-68-46-56(80(51-31-15-7-16-32-51)52-33-17-8-18-34-52)44-64-70(68)78(62)74-72(82(64)54-37-21-10-22-38-54)58-40-24-26-42-60(58)76(74,3)4/h5-48H,1-4H3. The summed E-state index contributed by atoms with van der Waals surface area (Å²) in [4.78, 5) is 9.79. The molecule has 0 saturated heterocycles. The molecule has 0 fully saturated rings. The second kappa shape index (κ2) is 18.2. The number of allylic oxidation sites excluding steroid dienone is 2. The maximum absolute atomic E-state index is 7.67. The Morgan fingerprint density at radius 2 is 0.643 bits per heavy atom. The molecule has 0 N–H and O–H groups in total. The van der Waals surface area contributed by atoms with Crippen LogP contribution in [0.2, 0.25) is 0 Å². The largest absolute Gasteiger partial charge is 0.458 e. The van der Waals surface area contributed by atoms with Crippen molar-refractivity contribution in [1.82, 2.24) is 0 Å². The van der Waals surface area contributed by atoms with Gasteiger partial charge >= 0.3 is 0 Å². The van der Waals surface area contributed by atoms with Crippen LogP contribution in [0.4, 0.5) is 56.9 Å². The van der Waals surface area contributed by atoms with Crippen molar-refractivity contribution in [3.05, 3.63) is 300 Å². The van der Waals surface area contributed by atoms with Gasteiger partial charge in [0.05, 0.1) is 11.4 Å². The number of hydrogen-bond acceptors (Lipinski definition) is 6. The Morgan fingerprint density at radius 3 is 1.00 bits per heavy atom. The minimum absolute atomic E-state index is 0.183. The van der Waals surface area contributed by atoms with Gasteiger partial charge in [-0.05, 0) is 118 Å². The van der Waals surface area contributed by atoms with Crippen LogP contribution in [0.15, 0.2) is 278 Å². The Bertz CT molecular complexity index is 4200. The molecule has 6 nitrogen and oxygen atoms in total. The Balaban J connectivity index is 0.953. The predicted molar refractivity (Wildman–Crippen MR) is 349 cm³/mol. The van der Waals surface area contributed by atoms with Crippen molar-refractivity contribution < 1.29 is 9.47 Å². The molecular formula is C76H56B2N4O2. The van der Waals surface area contributed by atoms with E-state index >= 15 is 0 Å². The SMILES string of the molecule is CC1(C)C2=C(c3ccccc31)N(c1ccccc1)c1cc(N(c3ccccc3)c3ccccc3)cc3c1B2c1cc2c(cc1O3)Oc1cc(N(c3ccccc3)c3ccccc3)cc3c1B2C1=C(c2ccccc2C1(C)C)N3c1ccccc1. The Hall–Kier alpha value is -10.2. The van der Waals surface area contributed by atoms with Gasteiger partial charge in [-0.15, -0.1) is 0 Å². The number of para-hydroxylation sites is 6. The zero-order valence-electron chi connectivity index (χ0n) is 47.2. The first kappa shape index (κ1) is 48.5. The molecule has 0 unspecified atom stereocenters. The van der Waals surface area contributed by atoms with Gasteiger partial charge in [0.2, 0.25) is 0 Å². The van der Waals surface area contributed by atoms with Crippen molar-refractivity contribution in [3.63, 3.8) is 0 Å². The maximum Gasteiger partial charge on any atom is 0.252 e. The van der Waals surface area contributed by atoms with Crippen LogP contribution in [0.1, 0.15) is 49.9 Å². The van der Waals surface area contributed by atoms with Crippen LogP contribution in [0.25, 0.3) is 11.4 Å². The second-order valence-electron chi connectivity index (χ2n) is 24.0. The molecule has 398 valence electrons. The van der Waals surface area contributed by atoms with Crippen molar-refractivity contribution in [1.29, 1.82) is 0 Å². The molecule has 0 aromatic heterocycles. The molecule has 0 atom stereocenters. The van der Waals surface area contributed by atoms with Crippen molar-refractivity contribution in [2.24, 2.45) is 0 Å². The van der Waals surface area contributed by atoms with Gasteiger partial charge in [0.25, 0.3) is 13.4 Å². The lowest BCUT2D eigenvalue weighted by Gasteiger charge is -2.45. The van der Waals surface area contributed by atoms with Crippen molar-refractivity contribution in [3.8, 4) is 23.0 Å². The molecule has 8 heteroatoms. The lowest BCUT2D eigenvalue weighted by molar-refractivity contribution is 0.465. The number of hydrogen-bond donors (Lipinski definition) is 0. The van der Waals surface area contributed by atoms with Crippen LogP contribution in [-0.2, 0) is 10.8 Å². The van der Waals surface area contributed by atoms with Crippen molar-refractivity contribution in [2.75, 3.05) is 19.6 Å². The summed E-state index contributed by atoms with van der Waals surface area (Å²) in [5.41, 5.74) is 24.8. The maximum atomic E-state index is 7.67. The van der Waals surface area contributed by atoms with E-state index in [0.29, 0.717) is 0 Å². The van der Waals surface area contributed by atoms with Crippen LogP contribution in [0.3, 0.4) is 0 Å². The molecule has 84 heavy (non-hydrogen) atoms. The number of ether oxygens (including phenoxy) is 2. The van der Waals surface area contributed by atoms with Crippen LogP contribution >= 0.6 is 0 Å².